The highest BCUT2D eigenvalue weighted by molar-refractivity contribution is 7.99. The van der Waals surface area contributed by atoms with E-state index in [9.17, 15) is 13.2 Å². The maximum Gasteiger partial charge on any atom is 0.277 e. The molecule has 1 aliphatic heterocycles. The van der Waals surface area contributed by atoms with Gasteiger partial charge in [-0.2, -0.15) is 0 Å². The smallest absolute Gasteiger partial charge is 0.277 e. The van der Waals surface area contributed by atoms with Crippen molar-refractivity contribution in [3.05, 3.63) is 60.5 Å². The highest BCUT2D eigenvalue weighted by atomic mass is 32.2. The maximum atomic E-state index is 12.2. The molecule has 3 aromatic rings. The Bertz CT molecular complexity index is 1130. The number of amides is 1. The van der Waals surface area contributed by atoms with Crippen LogP contribution in [-0.4, -0.2) is 41.8 Å². The summed E-state index contributed by atoms with van der Waals surface area (Å²) < 4.78 is 34.3. The molecule has 10 heteroatoms. The van der Waals surface area contributed by atoms with Gasteiger partial charge in [-0.15, -0.1) is 10.2 Å². The summed E-state index contributed by atoms with van der Waals surface area (Å²) in [6.45, 7) is 0. The predicted octanol–water partition coefficient (Wildman–Crippen LogP) is 3.57. The van der Waals surface area contributed by atoms with Crippen molar-refractivity contribution in [2.24, 2.45) is 5.92 Å². The highest BCUT2D eigenvalue weighted by Crippen LogP contribution is 2.25. The fourth-order valence-corrected chi connectivity index (χ4v) is 5.66. The van der Waals surface area contributed by atoms with Crippen LogP contribution in [0.5, 0.6) is 11.5 Å². The molecule has 1 saturated heterocycles. The number of aromatic nitrogens is 2. The zero-order valence-electron chi connectivity index (χ0n) is 16.6. The first-order valence-corrected chi connectivity index (χ1v) is 12.5. The number of para-hydroxylation sites is 1. The summed E-state index contributed by atoms with van der Waals surface area (Å²) in [5.74, 6) is 2.11. The van der Waals surface area contributed by atoms with Crippen LogP contribution < -0.4 is 10.1 Å². The summed E-state index contributed by atoms with van der Waals surface area (Å²) in [6, 6.07) is 16.5. The van der Waals surface area contributed by atoms with Crippen LogP contribution in [0.2, 0.25) is 0 Å². The van der Waals surface area contributed by atoms with Crippen LogP contribution in [0.1, 0.15) is 12.3 Å². The van der Waals surface area contributed by atoms with Crippen LogP contribution >= 0.6 is 11.8 Å². The first kappa shape index (κ1) is 21.4. The van der Waals surface area contributed by atoms with Gasteiger partial charge in [0.05, 0.1) is 17.3 Å². The van der Waals surface area contributed by atoms with Gasteiger partial charge >= 0.3 is 0 Å². The zero-order chi connectivity index (χ0) is 21.7. The largest absolute Gasteiger partial charge is 0.457 e. The van der Waals surface area contributed by atoms with Crippen LogP contribution in [0.3, 0.4) is 0 Å². The van der Waals surface area contributed by atoms with Gasteiger partial charge in [0.15, 0.2) is 9.84 Å². The average molecular weight is 460 g/mol. The van der Waals surface area contributed by atoms with E-state index in [1.54, 1.807) is 24.3 Å². The molecule has 1 aliphatic rings. The van der Waals surface area contributed by atoms with Gasteiger partial charge in [-0.25, -0.2) is 8.42 Å². The molecule has 162 valence electrons. The topological polar surface area (TPSA) is 111 Å². The predicted molar refractivity (Wildman–Crippen MR) is 117 cm³/mol. The van der Waals surface area contributed by atoms with E-state index in [2.05, 4.69) is 15.5 Å². The van der Waals surface area contributed by atoms with Crippen molar-refractivity contribution in [3.63, 3.8) is 0 Å². The number of benzene rings is 2. The third-order valence-corrected chi connectivity index (χ3v) is 7.34. The number of rotatable bonds is 8. The number of anilines is 1. The summed E-state index contributed by atoms with van der Waals surface area (Å²) in [5, 5.41) is 11.0. The highest BCUT2D eigenvalue weighted by Gasteiger charge is 2.29. The van der Waals surface area contributed by atoms with Crippen molar-refractivity contribution < 1.29 is 22.4 Å². The lowest BCUT2D eigenvalue weighted by molar-refractivity contribution is -0.113. The van der Waals surface area contributed by atoms with Gasteiger partial charge in [-0.05, 0) is 48.7 Å². The second-order valence-corrected chi connectivity index (χ2v) is 10.4. The van der Waals surface area contributed by atoms with E-state index >= 15 is 0 Å². The lowest BCUT2D eigenvalue weighted by Crippen LogP contribution is -2.13. The number of carbonyl (C=O) groups excluding carboxylic acids is 1. The van der Waals surface area contributed by atoms with E-state index in [0.717, 1.165) is 17.5 Å². The molecule has 4 rings (SSSR count). The van der Waals surface area contributed by atoms with Gasteiger partial charge in [0.2, 0.25) is 11.8 Å². The van der Waals surface area contributed by atoms with Crippen molar-refractivity contribution in [2.75, 3.05) is 22.6 Å². The Balaban J connectivity index is 1.23. The summed E-state index contributed by atoms with van der Waals surface area (Å²) in [6.07, 6.45) is 1.06. The van der Waals surface area contributed by atoms with E-state index in [-0.39, 0.29) is 34.3 Å². The zero-order valence-corrected chi connectivity index (χ0v) is 18.2. The van der Waals surface area contributed by atoms with Crippen molar-refractivity contribution >= 4 is 33.2 Å². The molecule has 0 aliphatic carbocycles. The molecule has 0 saturated carbocycles. The number of hydrogen-bond donors (Lipinski definition) is 1. The third kappa shape index (κ3) is 6.31. The molecule has 2 heterocycles. The monoisotopic (exact) mass is 459 g/mol. The van der Waals surface area contributed by atoms with Crippen LogP contribution in [-0.2, 0) is 21.1 Å². The summed E-state index contributed by atoms with van der Waals surface area (Å²) in [7, 11) is -2.93. The molecule has 1 amide bonds. The molecule has 8 nitrogen and oxygen atoms in total. The Morgan fingerprint density at radius 1 is 1.10 bits per heavy atom. The summed E-state index contributed by atoms with van der Waals surface area (Å²) >= 11 is 1.14. The van der Waals surface area contributed by atoms with Gasteiger partial charge in [-0.1, -0.05) is 30.0 Å². The molecule has 0 spiro atoms. The fourth-order valence-electron chi connectivity index (χ4n) is 3.21. The maximum absolute atomic E-state index is 12.2. The molecule has 0 radical (unpaired) electrons. The number of thioether (sulfide) groups is 1. The molecular formula is C21H21N3O5S2. The van der Waals surface area contributed by atoms with E-state index < -0.39 is 9.84 Å². The average Bonchev–Trinajstić information content (AvgIpc) is 3.34. The van der Waals surface area contributed by atoms with Crippen molar-refractivity contribution in [1.82, 2.24) is 10.2 Å². The van der Waals surface area contributed by atoms with Gasteiger partial charge in [0.25, 0.3) is 5.22 Å². The number of hydrogen-bond acceptors (Lipinski definition) is 8. The lowest BCUT2D eigenvalue weighted by atomic mass is 10.1. The Morgan fingerprint density at radius 3 is 2.55 bits per heavy atom. The normalized spacial score (nSPS) is 17.4. The second kappa shape index (κ2) is 9.52. The Labute approximate surface area is 184 Å². The molecule has 0 bridgehead atoms. The van der Waals surface area contributed by atoms with Crippen molar-refractivity contribution in [1.29, 1.82) is 0 Å². The van der Waals surface area contributed by atoms with Gasteiger partial charge in [0.1, 0.15) is 11.5 Å². The van der Waals surface area contributed by atoms with E-state index in [1.165, 1.54) is 0 Å². The number of nitrogens with one attached hydrogen (secondary N) is 1. The first-order valence-electron chi connectivity index (χ1n) is 9.74. The molecule has 31 heavy (non-hydrogen) atoms. The molecule has 1 aromatic heterocycles. The number of ether oxygens (including phenoxy) is 1. The van der Waals surface area contributed by atoms with Crippen LogP contribution in [0.15, 0.2) is 64.2 Å². The summed E-state index contributed by atoms with van der Waals surface area (Å²) in [5.41, 5.74) is 0.652. The van der Waals surface area contributed by atoms with Gasteiger partial charge in [-0.3, -0.25) is 4.79 Å². The Hall–Kier alpha value is -2.85. The van der Waals surface area contributed by atoms with Crippen LogP contribution in [0.25, 0.3) is 0 Å². The van der Waals surface area contributed by atoms with E-state index in [1.807, 2.05) is 30.3 Å². The fraction of sp³-hybridized carbons (Fsp3) is 0.286. The van der Waals surface area contributed by atoms with Crippen LogP contribution in [0.4, 0.5) is 5.69 Å². The van der Waals surface area contributed by atoms with Gasteiger partial charge in [0, 0.05) is 12.1 Å². The minimum Gasteiger partial charge on any atom is -0.457 e. The quantitative estimate of drug-likeness (QED) is 0.509. The second-order valence-electron chi connectivity index (χ2n) is 7.21. The Morgan fingerprint density at radius 2 is 1.84 bits per heavy atom. The molecule has 0 unspecified atom stereocenters. The standard InChI is InChI=1S/C21H21N3O5S2/c25-19(22-16-6-8-18(9-7-16)28-17-4-2-1-3-5-17)13-30-21-24-23-20(29-21)12-15-10-11-31(26,27)14-15/h1-9,15H,10-14H2,(H,22,25)/t15-/m1/s1. The molecule has 2 aromatic carbocycles. The molecule has 1 N–H and O–H groups in total. The molecular weight excluding hydrogens is 438 g/mol. The van der Waals surface area contributed by atoms with E-state index in [4.69, 9.17) is 9.15 Å². The van der Waals surface area contributed by atoms with Crippen LogP contribution in [0, 0.1) is 5.92 Å². The van der Waals surface area contributed by atoms with Gasteiger partial charge < -0.3 is 14.5 Å². The number of carbonyl (C=O) groups is 1. The molecule has 1 atom stereocenters. The summed E-state index contributed by atoms with van der Waals surface area (Å²) in [4.78, 5) is 12.2. The number of nitrogens with zero attached hydrogens (tertiary/aromatic N) is 2. The van der Waals surface area contributed by atoms with E-state index in [0.29, 0.717) is 30.2 Å². The van der Waals surface area contributed by atoms with Crippen molar-refractivity contribution in [2.45, 2.75) is 18.1 Å². The minimum atomic E-state index is -2.93. The first-order chi connectivity index (χ1) is 14.9. The lowest BCUT2D eigenvalue weighted by Gasteiger charge is -2.07. The van der Waals surface area contributed by atoms with Crippen molar-refractivity contribution in [3.8, 4) is 11.5 Å². The Kier molecular flexibility index (Phi) is 6.57. The SMILES string of the molecule is O=C(CSc1nnc(C[C@H]2CCS(=O)(=O)C2)o1)Nc1ccc(Oc2ccccc2)cc1. The molecule has 1 fully saturated rings. The third-order valence-electron chi connectivity index (χ3n) is 4.68. The number of sulfone groups is 1. The minimum absolute atomic E-state index is 0.0143.